The van der Waals surface area contributed by atoms with Gasteiger partial charge in [0.05, 0.1) is 14.2 Å². The first-order valence-electron chi connectivity index (χ1n) is 9.98. The number of pyridine rings is 1. The largest absolute Gasteiger partial charge is 0.481 e. The summed E-state index contributed by atoms with van der Waals surface area (Å²) in [5, 5.41) is 3.04. The van der Waals surface area contributed by atoms with Crippen molar-refractivity contribution in [3.8, 4) is 11.8 Å². The van der Waals surface area contributed by atoms with Crippen molar-refractivity contribution in [2.45, 2.75) is 43.8 Å². The molecule has 1 N–H and O–H groups in total. The fourth-order valence-electron chi connectivity index (χ4n) is 4.49. The third-order valence-electron chi connectivity index (χ3n) is 5.88. The third kappa shape index (κ3) is 3.81. The van der Waals surface area contributed by atoms with Crippen molar-refractivity contribution >= 4 is 11.8 Å². The minimum Gasteiger partial charge on any atom is -0.481 e. The lowest BCUT2D eigenvalue weighted by Crippen LogP contribution is -2.52. The Labute approximate surface area is 174 Å². The highest BCUT2D eigenvalue weighted by molar-refractivity contribution is 5.97. The first-order valence-corrected chi connectivity index (χ1v) is 9.98. The molecule has 0 saturated carbocycles. The molecule has 8 heteroatoms. The topological polar surface area (TPSA) is 80.8 Å². The zero-order valence-electron chi connectivity index (χ0n) is 16.9. The Morgan fingerprint density at radius 3 is 2.30 bits per heavy atom. The maximum atomic E-state index is 13.3. The molecule has 2 amide bonds. The lowest BCUT2D eigenvalue weighted by Gasteiger charge is -2.39. The normalized spacial score (nSPS) is 22.5. The quantitative estimate of drug-likeness (QED) is 0.815. The van der Waals surface area contributed by atoms with Gasteiger partial charge in [0.25, 0.3) is 11.8 Å². The minimum absolute atomic E-state index is 0.0278. The van der Waals surface area contributed by atoms with E-state index in [2.05, 4.69) is 10.3 Å². The van der Waals surface area contributed by atoms with Crippen molar-refractivity contribution in [2.75, 3.05) is 14.2 Å². The third-order valence-corrected chi connectivity index (χ3v) is 5.88. The summed E-state index contributed by atoms with van der Waals surface area (Å²) < 4.78 is 23.5. The van der Waals surface area contributed by atoms with E-state index in [4.69, 9.17) is 9.47 Å². The Morgan fingerprint density at radius 2 is 1.70 bits per heavy atom. The van der Waals surface area contributed by atoms with Crippen LogP contribution in [0.1, 0.15) is 46.4 Å². The minimum atomic E-state index is -0.375. The van der Waals surface area contributed by atoms with Crippen molar-refractivity contribution in [1.29, 1.82) is 0 Å². The number of amides is 2. The molecule has 2 aliphatic rings. The average molecular weight is 413 g/mol. The average Bonchev–Trinajstić information content (AvgIpc) is 3.03. The SMILES string of the molecule is COc1ccc(C(=O)N2C3CCC2CC(NC(=O)c2ccc(F)cc2)C3)c(OC)n1. The zero-order valence-corrected chi connectivity index (χ0v) is 16.9. The summed E-state index contributed by atoms with van der Waals surface area (Å²) in [4.78, 5) is 31.9. The molecule has 2 aliphatic heterocycles. The number of nitrogens with one attached hydrogen (secondary N) is 1. The number of aromatic nitrogens is 1. The molecule has 158 valence electrons. The van der Waals surface area contributed by atoms with Crippen LogP contribution in [0.5, 0.6) is 11.8 Å². The van der Waals surface area contributed by atoms with Crippen LogP contribution >= 0.6 is 0 Å². The van der Waals surface area contributed by atoms with Gasteiger partial charge in [-0.1, -0.05) is 0 Å². The zero-order chi connectivity index (χ0) is 21.3. The number of piperidine rings is 1. The van der Waals surface area contributed by atoms with Crippen LogP contribution in [0.3, 0.4) is 0 Å². The van der Waals surface area contributed by atoms with Crippen LogP contribution in [-0.4, -0.2) is 54.0 Å². The lowest BCUT2D eigenvalue weighted by molar-refractivity contribution is 0.0545. The van der Waals surface area contributed by atoms with E-state index >= 15 is 0 Å². The molecule has 2 saturated heterocycles. The maximum absolute atomic E-state index is 13.3. The fraction of sp³-hybridized carbons (Fsp3) is 0.409. The summed E-state index contributed by atoms with van der Waals surface area (Å²) >= 11 is 0. The van der Waals surface area contributed by atoms with Gasteiger partial charge >= 0.3 is 0 Å². The number of rotatable bonds is 5. The number of nitrogens with zero attached hydrogens (tertiary/aromatic N) is 2. The Hall–Kier alpha value is -3.16. The monoisotopic (exact) mass is 413 g/mol. The lowest BCUT2D eigenvalue weighted by atomic mass is 9.96. The van der Waals surface area contributed by atoms with Gasteiger partial charge in [0, 0.05) is 29.8 Å². The van der Waals surface area contributed by atoms with Crippen molar-refractivity contribution < 1.29 is 23.5 Å². The number of hydrogen-bond donors (Lipinski definition) is 1. The molecule has 3 heterocycles. The molecule has 2 bridgehead atoms. The van der Waals surface area contributed by atoms with Gasteiger partial charge in [-0.05, 0) is 56.0 Å². The van der Waals surface area contributed by atoms with Gasteiger partial charge in [0.2, 0.25) is 11.8 Å². The summed E-state index contributed by atoms with van der Waals surface area (Å²) in [5.41, 5.74) is 0.834. The van der Waals surface area contributed by atoms with Crippen LogP contribution in [-0.2, 0) is 0 Å². The molecule has 2 atom stereocenters. The molecule has 2 aromatic rings. The Kier molecular flexibility index (Phi) is 5.57. The van der Waals surface area contributed by atoms with E-state index in [9.17, 15) is 14.0 Å². The molecule has 0 radical (unpaired) electrons. The molecule has 7 nitrogen and oxygen atoms in total. The molecule has 1 aromatic heterocycles. The molecule has 1 aromatic carbocycles. The van der Waals surface area contributed by atoms with Crippen LogP contribution in [0.25, 0.3) is 0 Å². The summed E-state index contributed by atoms with van der Waals surface area (Å²) in [5.74, 6) is -0.0862. The van der Waals surface area contributed by atoms with Crippen LogP contribution < -0.4 is 14.8 Å². The number of methoxy groups -OCH3 is 2. The number of benzene rings is 1. The first kappa shape index (κ1) is 20.1. The van der Waals surface area contributed by atoms with E-state index in [1.165, 1.54) is 38.5 Å². The van der Waals surface area contributed by atoms with Crippen molar-refractivity contribution in [1.82, 2.24) is 15.2 Å². The molecule has 30 heavy (non-hydrogen) atoms. The second-order valence-corrected chi connectivity index (χ2v) is 7.66. The number of carbonyl (C=O) groups excluding carboxylic acids is 2. The van der Waals surface area contributed by atoms with Gasteiger partial charge in [0.1, 0.15) is 11.4 Å². The fourth-order valence-corrected chi connectivity index (χ4v) is 4.49. The Bertz CT molecular complexity index is 936. The van der Waals surface area contributed by atoms with Crippen molar-refractivity contribution in [2.24, 2.45) is 0 Å². The summed E-state index contributed by atoms with van der Waals surface area (Å²) in [7, 11) is 2.99. The summed E-state index contributed by atoms with van der Waals surface area (Å²) in [6, 6.07) is 8.87. The van der Waals surface area contributed by atoms with E-state index < -0.39 is 0 Å². The van der Waals surface area contributed by atoms with Crippen LogP contribution in [0.15, 0.2) is 36.4 Å². The van der Waals surface area contributed by atoms with Crippen LogP contribution in [0.2, 0.25) is 0 Å². The number of hydrogen-bond acceptors (Lipinski definition) is 5. The van der Waals surface area contributed by atoms with E-state index in [1.54, 1.807) is 12.1 Å². The molecule has 4 rings (SSSR count). The van der Waals surface area contributed by atoms with Gasteiger partial charge in [0.15, 0.2) is 0 Å². The Balaban J connectivity index is 1.46. The van der Waals surface area contributed by atoms with Crippen molar-refractivity contribution in [3.05, 3.63) is 53.3 Å². The molecule has 2 unspecified atom stereocenters. The smallest absolute Gasteiger partial charge is 0.259 e. The highest BCUT2D eigenvalue weighted by Crippen LogP contribution is 2.38. The summed E-state index contributed by atoms with van der Waals surface area (Å²) in [6.45, 7) is 0. The van der Waals surface area contributed by atoms with Gasteiger partial charge < -0.3 is 19.7 Å². The molecule has 0 aliphatic carbocycles. The van der Waals surface area contributed by atoms with E-state index in [0.717, 1.165) is 12.8 Å². The number of fused-ring (bicyclic) bond motifs is 2. The second kappa shape index (κ2) is 8.30. The highest BCUT2D eigenvalue weighted by Gasteiger charge is 2.44. The predicted molar refractivity (Wildman–Crippen MR) is 107 cm³/mol. The number of halogens is 1. The summed E-state index contributed by atoms with van der Waals surface area (Å²) in [6.07, 6.45) is 3.15. The van der Waals surface area contributed by atoms with Crippen LogP contribution in [0.4, 0.5) is 4.39 Å². The van der Waals surface area contributed by atoms with Crippen molar-refractivity contribution in [3.63, 3.8) is 0 Å². The van der Waals surface area contributed by atoms with E-state index in [-0.39, 0.29) is 41.6 Å². The van der Waals surface area contributed by atoms with Gasteiger partial charge in [-0.15, -0.1) is 0 Å². The van der Waals surface area contributed by atoms with Gasteiger partial charge in [-0.2, -0.15) is 4.98 Å². The predicted octanol–water partition coefficient (Wildman–Crippen LogP) is 2.80. The number of ether oxygens (including phenoxy) is 2. The van der Waals surface area contributed by atoms with E-state index in [1.807, 2.05) is 4.90 Å². The first-order chi connectivity index (χ1) is 14.5. The van der Waals surface area contributed by atoms with E-state index in [0.29, 0.717) is 29.8 Å². The molecular formula is C22H24FN3O4. The Morgan fingerprint density at radius 1 is 1.03 bits per heavy atom. The van der Waals surface area contributed by atoms with Crippen LogP contribution in [0, 0.1) is 5.82 Å². The standard InChI is InChI=1S/C22H24FN3O4/c1-29-19-10-9-18(21(25-19)30-2)22(28)26-16-7-8-17(26)12-15(11-16)24-20(27)13-3-5-14(23)6-4-13/h3-6,9-10,15-17H,7-8,11-12H2,1-2H3,(H,24,27). The van der Waals surface area contributed by atoms with Gasteiger partial charge in [-0.3, -0.25) is 9.59 Å². The second-order valence-electron chi connectivity index (χ2n) is 7.66. The van der Waals surface area contributed by atoms with Gasteiger partial charge in [-0.25, -0.2) is 4.39 Å². The number of carbonyl (C=O) groups is 2. The molecule has 2 fully saturated rings. The maximum Gasteiger partial charge on any atom is 0.259 e. The highest BCUT2D eigenvalue weighted by atomic mass is 19.1. The molecule has 0 spiro atoms. The molecular weight excluding hydrogens is 389 g/mol.